The SMILES string of the molecule is Cc1cc(Oc2cccc(CO)c2)ncc1N. The molecule has 1 aromatic carbocycles. The number of hydrogen-bond acceptors (Lipinski definition) is 4. The molecule has 88 valence electrons. The van der Waals surface area contributed by atoms with Gasteiger partial charge in [-0.25, -0.2) is 4.98 Å². The van der Waals surface area contributed by atoms with Crippen molar-refractivity contribution in [3.8, 4) is 11.6 Å². The van der Waals surface area contributed by atoms with Gasteiger partial charge in [0.25, 0.3) is 0 Å². The average molecular weight is 230 g/mol. The van der Waals surface area contributed by atoms with E-state index in [-0.39, 0.29) is 6.61 Å². The lowest BCUT2D eigenvalue weighted by atomic mass is 10.2. The van der Waals surface area contributed by atoms with Crippen molar-refractivity contribution in [3.63, 3.8) is 0 Å². The number of hydrogen-bond donors (Lipinski definition) is 2. The third-order valence-electron chi connectivity index (χ3n) is 2.43. The first-order chi connectivity index (χ1) is 8.19. The summed E-state index contributed by atoms with van der Waals surface area (Å²) >= 11 is 0. The van der Waals surface area contributed by atoms with Gasteiger partial charge in [0, 0.05) is 6.07 Å². The normalized spacial score (nSPS) is 10.2. The van der Waals surface area contributed by atoms with Crippen LogP contribution in [-0.2, 0) is 6.61 Å². The van der Waals surface area contributed by atoms with Crippen molar-refractivity contribution >= 4 is 5.69 Å². The molecule has 0 aliphatic carbocycles. The first-order valence-corrected chi connectivity index (χ1v) is 5.29. The van der Waals surface area contributed by atoms with Crippen molar-refractivity contribution in [2.24, 2.45) is 0 Å². The van der Waals surface area contributed by atoms with Gasteiger partial charge in [-0.05, 0) is 30.2 Å². The molecule has 0 aliphatic heterocycles. The lowest BCUT2D eigenvalue weighted by Gasteiger charge is -2.07. The van der Waals surface area contributed by atoms with Crippen LogP contribution in [0.5, 0.6) is 11.6 Å². The number of aliphatic hydroxyl groups is 1. The number of anilines is 1. The maximum Gasteiger partial charge on any atom is 0.219 e. The zero-order valence-corrected chi connectivity index (χ0v) is 9.55. The van der Waals surface area contributed by atoms with Crippen LogP contribution >= 0.6 is 0 Å². The summed E-state index contributed by atoms with van der Waals surface area (Å²) in [5.41, 5.74) is 8.04. The Balaban J connectivity index is 2.22. The summed E-state index contributed by atoms with van der Waals surface area (Å²) in [7, 11) is 0. The van der Waals surface area contributed by atoms with Crippen molar-refractivity contribution in [2.45, 2.75) is 13.5 Å². The molecule has 3 N–H and O–H groups in total. The van der Waals surface area contributed by atoms with E-state index in [1.54, 1.807) is 18.3 Å². The van der Waals surface area contributed by atoms with Crippen molar-refractivity contribution in [1.82, 2.24) is 4.98 Å². The van der Waals surface area contributed by atoms with E-state index in [4.69, 9.17) is 15.6 Å². The molecule has 0 unspecified atom stereocenters. The molecular formula is C13H14N2O2. The van der Waals surface area contributed by atoms with Gasteiger partial charge in [-0.3, -0.25) is 0 Å². The van der Waals surface area contributed by atoms with Gasteiger partial charge in [0.15, 0.2) is 0 Å². The highest BCUT2D eigenvalue weighted by atomic mass is 16.5. The molecule has 4 heteroatoms. The zero-order chi connectivity index (χ0) is 12.3. The second kappa shape index (κ2) is 4.84. The Labute approximate surface area is 99.7 Å². The van der Waals surface area contributed by atoms with Crippen LogP contribution in [0.1, 0.15) is 11.1 Å². The van der Waals surface area contributed by atoms with E-state index < -0.39 is 0 Å². The van der Waals surface area contributed by atoms with Crippen LogP contribution in [0.2, 0.25) is 0 Å². The van der Waals surface area contributed by atoms with Gasteiger partial charge in [-0.1, -0.05) is 12.1 Å². The van der Waals surface area contributed by atoms with Gasteiger partial charge in [0.05, 0.1) is 18.5 Å². The average Bonchev–Trinajstić information content (AvgIpc) is 2.34. The van der Waals surface area contributed by atoms with Crippen molar-refractivity contribution in [3.05, 3.63) is 47.7 Å². The van der Waals surface area contributed by atoms with Crippen LogP contribution in [0, 0.1) is 6.92 Å². The molecule has 0 saturated carbocycles. The minimum Gasteiger partial charge on any atom is -0.439 e. The quantitative estimate of drug-likeness (QED) is 0.848. The van der Waals surface area contributed by atoms with Gasteiger partial charge in [0.2, 0.25) is 5.88 Å². The molecule has 0 bridgehead atoms. The predicted octanol–water partition coefficient (Wildman–Crippen LogP) is 2.26. The van der Waals surface area contributed by atoms with Crippen molar-refractivity contribution in [1.29, 1.82) is 0 Å². The summed E-state index contributed by atoms with van der Waals surface area (Å²) in [6, 6.07) is 9.01. The molecule has 4 nitrogen and oxygen atoms in total. The number of pyridine rings is 1. The summed E-state index contributed by atoms with van der Waals surface area (Å²) in [5, 5.41) is 9.02. The number of nitrogen functional groups attached to an aromatic ring is 1. The minimum absolute atomic E-state index is 0.00854. The van der Waals surface area contributed by atoms with Gasteiger partial charge in [-0.2, -0.15) is 0 Å². The second-order valence-electron chi connectivity index (χ2n) is 3.79. The van der Waals surface area contributed by atoms with Crippen LogP contribution in [0.25, 0.3) is 0 Å². The highest BCUT2D eigenvalue weighted by Crippen LogP contribution is 2.22. The third-order valence-corrected chi connectivity index (χ3v) is 2.43. The number of aliphatic hydroxyl groups excluding tert-OH is 1. The monoisotopic (exact) mass is 230 g/mol. The molecular weight excluding hydrogens is 216 g/mol. The van der Waals surface area contributed by atoms with Gasteiger partial charge >= 0.3 is 0 Å². The van der Waals surface area contributed by atoms with E-state index in [1.807, 2.05) is 25.1 Å². The number of aryl methyl sites for hydroxylation is 1. The van der Waals surface area contributed by atoms with Crippen LogP contribution in [0.4, 0.5) is 5.69 Å². The highest BCUT2D eigenvalue weighted by Gasteiger charge is 2.02. The van der Waals surface area contributed by atoms with E-state index in [0.717, 1.165) is 11.1 Å². The molecule has 0 atom stereocenters. The maximum atomic E-state index is 9.02. The summed E-state index contributed by atoms with van der Waals surface area (Å²) in [5.74, 6) is 1.14. The minimum atomic E-state index is -0.00854. The van der Waals surface area contributed by atoms with E-state index in [9.17, 15) is 0 Å². The van der Waals surface area contributed by atoms with Crippen molar-refractivity contribution < 1.29 is 9.84 Å². The molecule has 0 aliphatic rings. The largest absolute Gasteiger partial charge is 0.439 e. The van der Waals surface area contributed by atoms with E-state index >= 15 is 0 Å². The number of benzene rings is 1. The fourth-order valence-electron chi connectivity index (χ4n) is 1.42. The summed E-state index contributed by atoms with van der Waals surface area (Å²) in [6.07, 6.45) is 1.57. The smallest absolute Gasteiger partial charge is 0.219 e. The Morgan fingerprint density at radius 2 is 2.18 bits per heavy atom. The molecule has 0 spiro atoms. The Morgan fingerprint density at radius 3 is 2.88 bits per heavy atom. The molecule has 2 aromatic rings. The standard InChI is InChI=1S/C13H14N2O2/c1-9-5-13(15-7-12(9)14)17-11-4-2-3-10(6-11)8-16/h2-7,16H,8,14H2,1H3. The first kappa shape index (κ1) is 11.4. The number of ether oxygens (including phenoxy) is 1. The molecule has 2 rings (SSSR count). The highest BCUT2D eigenvalue weighted by molar-refractivity contribution is 5.46. The summed E-state index contributed by atoms with van der Waals surface area (Å²) < 4.78 is 5.58. The first-order valence-electron chi connectivity index (χ1n) is 5.29. The summed E-state index contributed by atoms with van der Waals surface area (Å²) in [6.45, 7) is 1.89. The predicted molar refractivity (Wildman–Crippen MR) is 65.8 cm³/mol. The van der Waals surface area contributed by atoms with Crippen LogP contribution in [-0.4, -0.2) is 10.1 Å². The second-order valence-corrected chi connectivity index (χ2v) is 3.79. The van der Waals surface area contributed by atoms with E-state index in [1.165, 1.54) is 0 Å². The molecule has 0 fully saturated rings. The van der Waals surface area contributed by atoms with E-state index in [0.29, 0.717) is 17.3 Å². The Kier molecular flexibility index (Phi) is 3.25. The van der Waals surface area contributed by atoms with Gasteiger partial charge in [-0.15, -0.1) is 0 Å². The number of nitrogens with zero attached hydrogens (tertiary/aromatic N) is 1. The van der Waals surface area contributed by atoms with Gasteiger partial charge in [0.1, 0.15) is 5.75 Å². The van der Waals surface area contributed by atoms with E-state index in [2.05, 4.69) is 4.98 Å². The fraction of sp³-hybridized carbons (Fsp3) is 0.154. The van der Waals surface area contributed by atoms with Crippen LogP contribution in [0.15, 0.2) is 36.5 Å². The molecule has 1 heterocycles. The molecule has 0 saturated heterocycles. The molecule has 0 radical (unpaired) electrons. The number of nitrogens with two attached hydrogens (primary N) is 1. The Morgan fingerprint density at radius 1 is 1.35 bits per heavy atom. The third kappa shape index (κ3) is 2.73. The van der Waals surface area contributed by atoms with Gasteiger partial charge < -0.3 is 15.6 Å². The lowest BCUT2D eigenvalue weighted by molar-refractivity contribution is 0.281. The summed E-state index contributed by atoms with van der Waals surface area (Å²) in [4.78, 5) is 4.08. The van der Waals surface area contributed by atoms with Crippen LogP contribution < -0.4 is 10.5 Å². The topological polar surface area (TPSA) is 68.4 Å². The number of aromatic nitrogens is 1. The maximum absolute atomic E-state index is 9.02. The molecule has 1 aromatic heterocycles. The molecule has 0 amide bonds. The fourth-order valence-corrected chi connectivity index (χ4v) is 1.42. The number of rotatable bonds is 3. The zero-order valence-electron chi connectivity index (χ0n) is 9.55. The van der Waals surface area contributed by atoms with Crippen molar-refractivity contribution in [2.75, 3.05) is 5.73 Å². The Hall–Kier alpha value is -2.07. The molecule has 17 heavy (non-hydrogen) atoms. The Bertz CT molecular complexity index is 527. The lowest BCUT2D eigenvalue weighted by Crippen LogP contribution is -1.94. The van der Waals surface area contributed by atoms with Crippen LogP contribution in [0.3, 0.4) is 0 Å².